The Bertz CT molecular complexity index is 3570. The van der Waals surface area contributed by atoms with Crippen molar-refractivity contribution >= 4 is 78.8 Å². The molecule has 0 atom stereocenters. The molecule has 0 N–H and O–H groups in total. The second-order valence-corrected chi connectivity index (χ2v) is 25.3. The van der Waals surface area contributed by atoms with Gasteiger partial charge in [-0.2, -0.15) is 0 Å². The summed E-state index contributed by atoms with van der Waals surface area (Å²) in [6, 6.07) is 70.6. The Morgan fingerprint density at radius 1 is 0.320 bits per heavy atom. The first-order valence-corrected chi connectivity index (χ1v) is 26.8. The van der Waals surface area contributed by atoms with Gasteiger partial charge in [0, 0.05) is 50.8 Å². The number of aromatic nitrogens is 2. The molecular weight excluding hydrogens is 908 g/mol. The Balaban J connectivity index is 1.21. The van der Waals surface area contributed by atoms with E-state index in [9.17, 15) is 0 Å². The molecule has 2 aliphatic rings. The SMILES string of the molecule is CC(C)(C)c1cc(-c2cc(-c3cc4c5c(c3)N(c3ccccc3)c3cc6ccccc6cc3B5c3cc5ccccc5cc3N4c3ccccc3)nc(-c3cc(C(C)(C)C)cc(C(C)(C)C)c3)n2)cc(C(C)(C)C)c1. The van der Waals surface area contributed by atoms with E-state index in [-0.39, 0.29) is 28.4 Å². The Kier molecular flexibility index (Phi) is 11.2. The van der Waals surface area contributed by atoms with Crippen LogP contribution in [-0.4, -0.2) is 16.7 Å². The first-order valence-electron chi connectivity index (χ1n) is 26.8. The fourth-order valence-corrected chi connectivity index (χ4v) is 11.4. The largest absolute Gasteiger partial charge is 0.311 e. The van der Waals surface area contributed by atoms with Gasteiger partial charge in [0.05, 0.1) is 11.4 Å². The van der Waals surface area contributed by atoms with Gasteiger partial charge < -0.3 is 9.80 Å². The molecule has 0 unspecified atom stereocenters. The van der Waals surface area contributed by atoms with E-state index >= 15 is 0 Å². The van der Waals surface area contributed by atoms with Crippen LogP contribution in [0.1, 0.15) is 105 Å². The Hall–Kier alpha value is -7.76. The van der Waals surface area contributed by atoms with Crippen LogP contribution in [0.25, 0.3) is 55.4 Å². The average molecular weight is 975 g/mol. The summed E-state index contributed by atoms with van der Waals surface area (Å²) in [4.78, 5) is 16.5. The first-order chi connectivity index (χ1) is 35.7. The van der Waals surface area contributed by atoms with Crippen molar-refractivity contribution in [3.63, 3.8) is 0 Å². The van der Waals surface area contributed by atoms with Gasteiger partial charge in [-0.05, 0) is 161 Å². The highest BCUT2D eigenvalue weighted by Crippen LogP contribution is 2.48. The summed E-state index contributed by atoms with van der Waals surface area (Å²) < 4.78 is 0. The van der Waals surface area contributed by atoms with Gasteiger partial charge in [-0.3, -0.25) is 0 Å². The van der Waals surface area contributed by atoms with Crippen LogP contribution in [0.2, 0.25) is 0 Å². The number of para-hydroxylation sites is 2. The molecule has 0 amide bonds. The summed E-state index contributed by atoms with van der Waals surface area (Å²) >= 11 is 0. The van der Waals surface area contributed by atoms with Crippen molar-refractivity contribution in [3.05, 3.63) is 210 Å². The maximum atomic E-state index is 5.77. The smallest absolute Gasteiger partial charge is 0.252 e. The lowest BCUT2D eigenvalue weighted by Gasteiger charge is -2.44. The third-order valence-electron chi connectivity index (χ3n) is 15.7. The lowest BCUT2D eigenvalue weighted by molar-refractivity contribution is 0.568. The van der Waals surface area contributed by atoms with Crippen molar-refractivity contribution in [2.45, 2.75) is 105 Å². The molecule has 0 aliphatic carbocycles. The van der Waals surface area contributed by atoms with Gasteiger partial charge >= 0.3 is 0 Å². The second kappa shape index (κ2) is 17.4. The summed E-state index contributed by atoms with van der Waals surface area (Å²) in [6.45, 7) is 27.6. The molecule has 1 aromatic heterocycles. The van der Waals surface area contributed by atoms with Crippen molar-refractivity contribution in [3.8, 4) is 33.9 Å². The summed E-state index contributed by atoms with van der Waals surface area (Å²) in [7, 11) is 0. The van der Waals surface area contributed by atoms with Crippen LogP contribution in [-0.2, 0) is 21.7 Å². The van der Waals surface area contributed by atoms with Crippen LogP contribution >= 0.6 is 0 Å². The van der Waals surface area contributed by atoms with E-state index in [1.807, 2.05) is 0 Å². The van der Waals surface area contributed by atoms with E-state index < -0.39 is 0 Å². The quantitative estimate of drug-likeness (QED) is 0.161. The lowest BCUT2D eigenvalue weighted by atomic mass is 9.33. The molecule has 370 valence electrons. The van der Waals surface area contributed by atoms with Gasteiger partial charge in [0.1, 0.15) is 0 Å². The van der Waals surface area contributed by atoms with Gasteiger partial charge in [-0.25, -0.2) is 9.97 Å². The summed E-state index contributed by atoms with van der Waals surface area (Å²) in [5.74, 6) is 0.718. The predicted molar refractivity (Wildman–Crippen MR) is 322 cm³/mol. The zero-order valence-electron chi connectivity index (χ0n) is 45.8. The highest BCUT2D eigenvalue weighted by atomic mass is 15.2. The summed E-state index contributed by atoms with van der Waals surface area (Å²) in [5, 5.41) is 4.88. The number of benzene rings is 9. The topological polar surface area (TPSA) is 32.3 Å². The molecule has 0 spiro atoms. The van der Waals surface area contributed by atoms with Gasteiger partial charge in [0.25, 0.3) is 6.71 Å². The van der Waals surface area contributed by atoms with Crippen LogP contribution in [0.5, 0.6) is 0 Å². The molecule has 0 radical (unpaired) electrons. The molecule has 12 rings (SSSR count). The predicted octanol–water partition coefficient (Wildman–Crippen LogP) is 17.1. The molecule has 0 fully saturated rings. The Labute approximate surface area is 445 Å². The molecule has 2 aliphatic heterocycles. The fraction of sp³-hybridized carbons (Fsp3) is 0.229. The zero-order valence-corrected chi connectivity index (χ0v) is 45.8. The Morgan fingerprint density at radius 3 is 1.03 bits per heavy atom. The molecule has 9 aromatic carbocycles. The second-order valence-electron chi connectivity index (χ2n) is 25.3. The van der Waals surface area contributed by atoms with Crippen molar-refractivity contribution in [1.82, 2.24) is 9.97 Å². The molecule has 0 saturated carbocycles. The van der Waals surface area contributed by atoms with Crippen molar-refractivity contribution in [2.24, 2.45) is 0 Å². The minimum atomic E-state index is -0.0954. The average Bonchev–Trinajstić information content (AvgIpc) is 3.42. The van der Waals surface area contributed by atoms with Gasteiger partial charge in [0.15, 0.2) is 5.82 Å². The zero-order chi connectivity index (χ0) is 52.3. The van der Waals surface area contributed by atoms with Crippen LogP contribution < -0.4 is 26.2 Å². The van der Waals surface area contributed by atoms with E-state index in [1.165, 1.54) is 71.6 Å². The first kappa shape index (κ1) is 48.2. The number of fused-ring (bicyclic) bond motifs is 6. The van der Waals surface area contributed by atoms with Gasteiger partial charge in [-0.1, -0.05) is 192 Å². The monoisotopic (exact) mass is 975 g/mol. The minimum Gasteiger partial charge on any atom is -0.311 e. The molecule has 10 aromatic rings. The Morgan fingerprint density at radius 2 is 0.653 bits per heavy atom. The van der Waals surface area contributed by atoms with Crippen LogP contribution in [0, 0.1) is 0 Å². The third-order valence-corrected chi connectivity index (χ3v) is 15.7. The normalized spacial score (nSPS) is 13.5. The molecule has 75 heavy (non-hydrogen) atoms. The fourth-order valence-electron chi connectivity index (χ4n) is 11.4. The lowest BCUT2D eigenvalue weighted by Crippen LogP contribution is -2.61. The third kappa shape index (κ3) is 8.61. The highest BCUT2D eigenvalue weighted by molar-refractivity contribution is 7.00. The number of anilines is 6. The van der Waals surface area contributed by atoms with Gasteiger partial charge in [-0.15, -0.1) is 0 Å². The van der Waals surface area contributed by atoms with E-state index in [1.54, 1.807) is 0 Å². The molecule has 3 heterocycles. The standard InChI is InChI=1S/C70H67BN4/c1-67(2,3)51-31-48(32-52(41-51)68(4,5)6)59-43-60(73-66(72-59)50-33-53(69(7,8)9)42-54(34-50)70(10,11)12)49-39-63-65-64(40-49)75(56-29-17-14-18-30-56)62-38-47-26-22-20-24-45(47)36-58(62)71(65)57-35-44-23-19-21-25-46(44)37-61(57)74(63)55-27-15-13-16-28-55/h13-43H,1-12H3. The summed E-state index contributed by atoms with van der Waals surface area (Å²) in [5.41, 5.74) is 20.4. The van der Waals surface area contributed by atoms with E-state index in [2.05, 4.69) is 281 Å². The van der Waals surface area contributed by atoms with E-state index in [0.29, 0.717) is 0 Å². The van der Waals surface area contributed by atoms with Gasteiger partial charge in [0.2, 0.25) is 0 Å². The highest BCUT2D eigenvalue weighted by Gasteiger charge is 2.44. The minimum absolute atomic E-state index is 0.0633. The number of nitrogens with zero attached hydrogens (tertiary/aromatic N) is 4. The molecule has 5 heteroatoms. The molecule has 0 saturated heterocycles. The van der Waals surface area contributed by atoms with E-state index in [0.717, 1.165) is 56.7 Å². The number of hydrogen-bond donors (Lipinski definition) is 0. The molecule has 4 nitrogen and oxygen atoms in total. The van der Waals surface area contributed by atoms with Crippen molar-refractivity contribution in [2.75, 3.05) is 9.80 Å². The number of rotatable bonds is 5. The van der Waals surface area contributed by atoms with Crippen molar-refractivity contribution in [1.29, 1.82) is 0 Å². The van der Waals surface area contributed by atoms with Crippen LogP contribution in [0.15, 0.2) is 188 Å². The van der Waals surface area contributed by atoms with E-state index in [4.69, 9.17) is 9.97 Å². The molecular formula is C70H67BN4. The maximum Gasteiger partial charge on any atom is 0.252 e. The summed E-state index contributed by atoms with van der Waals surface area (Å²) in [6.07, 6.45) is 0. The molecule has 0 bridgehead atoms. The van der Waals surface area contributed by atoms with Crippen molar-refractivity contribution < 1.29 is 0 Å². The van der Waals surface area contributed by atoms with Crippen LogP contribution in [0.3, 0.4) is 0 Å². The number of hydrogen-bond acceptors (Lipinski definition) is 4. The van der Waals surface area contributed by atoms with Crippen LogP contribution in [0.4, 0.5) is 34.1 Å². The maximum absolute atomic E-state index is 5.77.